The Kier molecular flexibility index (Phi) is 5.83. The fourth-order valence-electron chi connectivity index (χ4n) is 4.43. The number of pyridine rings is 1. The van der Waals surface area contributed by atoms with E-state index in [1.165, 1.54) is 0 Å². The van der Waals surface area contributed by atoms with Gasteiger partial charge in [0.1, 0.15) is 5.75 Å². The van der Waals surface area contributed by atoms with Crippen molar-refractivity contribution in [3.8, 4) is 28.3 Å². The maximum Gasteiger partial charge on any atom is 0.341 e. The number of aryl methyl sites for hydroxylation is 1. The first-order chi connectivity index (χ1) is 15.0. The van der Waals surface area contributed by atoms with Crippen LogP contribution >= 0.6 is 0 Å². The van der Waals surface area contributed by atoms with Crippen molar-refractivity contribution in [2.24, 2.45) is 0 Å². The van der Waals surface area contributed by atoms with Gasteiger partial charge in [0.25, 0.3) is 0 Å². The molecule has 6 nitrogen and oxygen atoms in total. The van der Waals surface area contributed by atoms with E-state index in [9.17, 15) is 9.90 Å². The molecule has 3 aromatic rings. The molecular weight excluding hydrogens is 392 g/mol. The van der Waals surface area contributed by atoms with Crippen LogP contribution in [0, 0.1) is 6.92 Å². The van der Waals surface area contributed by atoms with E-state index in [-0.39, 0.29) is 5.97 Å². The Morgan fingerprint density at radius 2 is 2.06 bits per heavy atom. The van der Waals surface area contributed by atoms with Gasteiger partial charge in [-0.2, -0.15) is 0 Å². The van der Waals surface area contributed by atoms with Crippen LogP contribution in [0.25, 0.3) is 22.5 Å². The molecular formula is C25H28N2O4. The summed E-state index contributed by atoms with van der Waals surface area (Å²) >= 11 is 0. The third-order valence-corrected chi connectivity index (χ3v) is 5.77. The summed E-state index contributed by atoms with van der Waals surface area (Å²) in [5.74, 6) is 0.281. The zero-order valence-electron chi connectivity index (χ0n) is 18.4. The van der Waals surface area contributed by atoms with E-state index >= 15 is 0 Å². The van der Waals surface area contributed by atoms with Gasteiger partial charge in [-0.05, 0) is 63.9 Å². The van der Waals surface area contributed by atoms with Crippen molar-refractivity contribution < 1.29 is 19.4 Å². The van der Waals surface area contributed by atoms with Gasteiger partial charge in [0.05, 0.1) is 36.3 Å². The minimum Gasteiger partial charge on any atom is -0.493 e. The lowest BCUT2D eigenvalue weighted by Gasteiger charge is -2.24. The molecule has 1 aliphatic rings. The van der Waals surface area contributed by atoms with Crippen LogP contribution < -0.4 is 4.74 Å². The number of carbonyl (C=O) groups is 1. The van der Waals surface area contributed by atoms with Crippen LogP contribution in [-0.4, -0.2) is 33.8 Å². The summed E-state index contributed by atoms with van der Waals surface area (Å²) in [6, 6.07) is 9.66. The van der Waals surface area contributed by atoms with Crippen LogP contribution in [0.4, 0.5) is 0 Å². The van der Waals surface area contributed by atoms with E-state index in [1.54, 1.807) is 13.1 Å². The fraction of sp³-hybridized carbons (Fsp3) is 0.360. The Bertz CT molecular complexity index is 1120. The van der Waals surface area contributed by atoms with Crippen molar-refractivity contribution in [2.45, 2.75) is 46.8 Å². The first-order valence-electron chi connectivity index (χ1n) is 10.8. The topological polar surface area (TPSA) is 73.6 Å². The van der Waals surface area contributed by atoms with Gasteiger partial charge in [0.2, 0.25) is 0 Å². The lowest BCUT2D eigenvalue weighted by Crippen LogP contribution is -2.15. The second kappa shape index (κ2) is 8.55. The molecule has 0 radical (unpaired) electrons. The van der Waals surface area contributed by atoms with Gasteiger partial charge >= 0.3 is 5.97 Å². The normalized spacial score (nSPS) is 13.3. The molecule has 2 aromatic heterocycles. The molecule has 0 fully saturated rings. The van der Waals surface area contributed by atoms with Gasteiger partial charge in [0, 0.05) is 35.1 Å². The number of aromatic nitrogens is 2. The summed E-state index contributed by atoms with van der Waals surface area (Å²) in [7, 11) is 0. The zero-order valence-corrected chi connectivity index (χ0v) is 18.4. The van der Waals surface area contributed by atoms with Crippen LogP contribution in [0.2, 0.25) is 0 Å². The molecule has 0 saturated carbocycles. The molecule has 6 heteroatoms. The Morgan fingerprint density at radius 3 is 2.71 bits per heavy atom. The van der Waals surface area contributed by atoms with Crippen molar-refractivity contribution in [3.63, 3.8) is 0 Å². The van der Waals surface area contributed by atoms with E-state index < -0.39 is 6.10 Å². The molecule has 1 atom stereocenters. The summed E-state index contributed by atoms with van der Waals surface area (Å²) in [6.45, 7) is 9.01. The number of carbonyl (C=O) groups excluding carboxylic acids is 1. The maximum atomic E-state index is 13.2. The number of hydrogen-bond donors (Lipinski definition) is 1. The van der Waals surface area contributed by atoms with E-state index in [0.29, 0.717) is 24.5 Å². The van der Waals surface area contributed by atoms with Crippen LogP contribution in [0.3, 0.4) is 0 Å². The summed E-state index contributed by atoms with van der Waals surface area (Å²) in [6.07, 6.45) is 1.89. The number of aliphatic hydroxyl groups excluding tert-OH is 1. The number of fused-ring (bicyclic) bond motifs is 3. The highest BCUT2D eigenvalue weighted by Crippen LogP contribution is 2.44. The molecule has 1 unspecified atom stereocenters. The minimum atomic E-state index is -0.643. The highest BCUT2D eigenvalue weighted by atomic mass is 16.5. The average molecular weight is 421 g/mol. The zero-order chi connectivity index (χ0) is 22.1. The van der Waals surface area contributed by atoms with Crippen LogP contribution in [0.1, 0.15) is 54.1 Å². The second-order valence-electron chi connectivity index (χ2n) is 7.68. The molecule has 1 N–H and O–H groups in total. The lowest BCUT2D eigenvalue weighted by molar-refractivity contribution is 0.0528. The predicted molar refractivity (Wildman–Crippen MR) is 119 cm³/mol. The van der Waals surface area contributed by atoms with E-state index in [1.807, 2.05) is 51.1 Å². The number of hydrogen-bond acceptors (Lipinski definition) is 5. The Balaban J connectivity index is 2.02. The number of benzene rings is 1. The Morgan fingerprint density at radius 1 is 1.26 bits per heavy atom. The molecule has 0 aliphatic carbocycles. The minimum absolute atomic E-state index is 0.294. The standard InChI is InChI=1S/C25H28N2O4/c1-5-30-21-14-19-17(13-18(21)16(4)28)10-12-27-15(3)22(20-9-7-8-11-26-20)23(24(19)27)25(29)31-6-2/h7-9,11,13-14,16,28H,5-6,10,12H2,1-4H3. The summed E-state index contributed by atoms with van der Waals surface area (Å²) in [5.41, 5.74) is 6.69. The highest BCUT2D eigenvalue weighted by molar-refractivity contribution is 6.05. The average Bonchev–Trinajstić information content (AvgIpc) is 3.07. The molecule has 3 heterocycles. The molecule has 162 valence electrons. The van der Waals surface area contributed by atoms with Gasteiger partial charge in [-0.25, -0.2) is 4.79 Å². The molecule has 0 amide bonds. The summed E-state index contributed by atoms with van der Waals surface area (Å²) < 4.78 is 13.5. The summed E-state index contributed by atoms with van der Waals surface area (Å²) in [5, 5.41) is 10.3. The van der Waals surface area contributed by atoms with Gasteiger partial charge in [-0.15, -0.1) is 0 Å². The first kappa shape index (κ1) is 21.1. The smallest absolute Gasteiger partial charge is 0.341 e. The molecule has 0 saturated heterocycles. The molecule has 4 rings (SSSR count). The van der Waals surface area contributed by atoms with Crippen molar-refractivity contribution in [3.05, 3.63) is 58.9 Å². The van der Waals surface area contributed by atoms with Gasteiger partial charge < -0.3 is 19.1 Å². The predicted octanol–water partition coefficient (Wildman–Crippen LogP) is 4.71. The fourth-order valence-corrected chi connectivity index (χ4v) is 4.43. The van der Waals surface area contributed by atoms with Crippen molar-refractivity contribution in [1.29, 1.82) is 0 Å². The number of nitrogens with zero attached hydrogens (tertiary/aromatic N) is 2. The third-order valence-electron chi connectivity index (χ3n) is 5.77. The summed E-state index contributed by atoms with van der Waals surface area (Å²) in [4.78, 5) is 17.7. The third kappa shape index (κ3) is 3.61. The number of aliphatic hydroxyl groups is 1. The Labute approximate surface area is 182 Å². The molecule has 1 aromatic carbocycles. The monoisotopic (exact) mass is 420 g/mol. The number of esters is 1. The van der Waals surface area contributed by atoms with Crippen LogP contribution in [0.5, 0.6) is 5.75 Å². The maximum absolute atomic E-state index is 13.2. The van der Waals surface area contributed by atoms with Crippen molar-refractivity contribution >= 4 is 5.97 Å². The Hall–Kier alpha value is -3.12. The van der Waals surface area contributed by atoms with Gasteiger partial charge in [-0.1, -0.05) is 6.07 Å². The van der Waals surface area contributed by atoms with Crippen molar-refractivity contribution in [2.75, 3.05) is 13.2 Å². The van der Waals surface area contributed by atoms with E-state index in [4.69, 9.17) is 9.47 Å². The first-order valence-corrected chi connectivity index (χ1v) is 10.8. The number of rotatable bonds is 6. The van der Waals surface area contributed by atoms with Gasteiger partial charge in [0.15, 0.2) is 0 Å². The molecule has 0 bridgehead atoms. The number of ether oxygens (including phenoxy) is 2. The molecule has 31 heavy (non-hydrogen) atoms. The molecule has 0 spiro atoms. The lowest BCUT2D eigenvalue weighted by atomic mass is 9.91. The second-order valence-corrected chi connectivity index (χ2v) is 7.68. The van der Waals surface area contributed by atoms with E-state index in [0.717, 1.165) is 52.3 Å². The van der Waals surface area contributed by atoms with Crippen LogP contribution in [0.15, 0.2) is 36.5 Å². The SMILES string of the molecule is CCOC(=O)c1c(-c2ccccn2)c(C)n2c1-c1cc(OCC)c(C(C)O)cc1CC2. The quantitative estimate of drug-likeness (QED) is 0.585. The molecule has 1 aliphatic heterocycles. The highest BCUT2D eigenvalue weighted by Gasteiger charge is 2.32. The van der Waals surface area contributed by atoms with Crippen molar-refractivity contribution in [1.82, 2.24) is 9.55 Å². The largest absolute Gasteiger partial charge is 0.493 e. The van der Waals surface area contributed by atoms with Gasteiger partial charge in [-0.3, -0.25) is 4.98 Å². The van der Waals surface area contributed by atoms with Crippen LogP contribution in [-0.2, 0) is 17.7 Å². The van der Waals surface area contributed by atoms with E-state index in [2.05, 4.69) is 9.55 Å².